The van der Waals surface area contributed by atoms with Crippen molar-refractivity contribution in [2.75, 3.05) is 6.61 Å². The average molecular weight is 229 g/mol. The second-order valence-corrected chi connectivity index (χ2v) is 4.18. The van der Waals surface area contributed by atoms with E-state index in [2.05, 4.69) is 36.2 Å². The molecule has 1 aromatic heterocycles. The molecule has 0 fully saturated rings. The maximum absolute atomic E-state index is 5.63. The molecule has 2 heteroatoms. The normalized spacial score (nSPS) is 10.7. The van der Waals surface area contributed by atoms with Crippen LogP contribution in [-0.4, -0.2) is 11.6 Å². The molecule has 0 N–H and O–H groups in total. The zero-order valence-corrected chi connectivity index (χ0v) is 10.6. The first-order valence-electron chi connectivity index (χ1n) is 6.36. The van der Waals surface area contributed by atoms with Gasteiger partial charge in [-0.3, -0.25) is 0 Å². The van der Waals surface area contributed by atoms with E-state index in [1.165, 1.54) is 18.2 Å². The number of fused-ring (bicyclic) bond motifs is 1. The summed E-state index contributed by atoms with van der Waals surface area (Å²) in [6.07, 6.45) is 3.40. The van der Waals surface area contributed by atoms with E-state index in [9.17, 15) is 0 Å². The van der Waals surface area contributed by atoms with Crippen LogP contribution in [0.4, 0.5) is 0 Å². The van der Waals surface area contributed by atoms with Gasteiger partial charge in [0.1, 0.15) is 0 Å². The first kappa shape index (κ1) is 11.9. The summed E-state index contributed by atoms with van der Waals surface area (Å²) in [6, 6.07) is 10.4. The lowest BCUT2D eigenvalue weighted by Crippen LogP contribution is -1.99. The molecule has 2 rings (SSSR count). The Balaban J connectivity index is 2.43. The summed E-state index contributed by atoms with van der Waals surface area (Å²) in [5.41, 5.74) is 1.13. The van der Waals surface area contributed by atoms with Gasteiger partial charge in [-0.25, -0.2) is 4.98 Å². The summed E-state index contributed by atoms with van der Waals surface area (Å²) in [5.74, 6) is 0.775. The largest absolute Gasteiger partial charge is 0.478 e. The maximum Gasteiger partial charge on any atom is 0.221 e. The Morgan fingerprint density at radius 1 is 1.18 bits per heavy atom. The summed E-state index contributed by atoms with van der Waals surface area (Å²) < 4.78 is 5.63. The number of unbranched alkanes of at least 4 members (excludes halogenated alkanes) is 1. The molecule has 2 aromatic rings. The Labute approximate surface area is 103 Å². The van der Waals surface area contributed by atoms with Gasteiger partial charge in [0.2, 0.25) is 5.88 Å². The lowest BCUT2D eigenvalue weighted by molar-refractivity contribution is 0.330. The third-order valence-corrected chi connectivity index (χ3v) is 2.83. The third-order valence-electron chi connectivity index (χ3n) is 2.83. The molecule has 0 saturated carbocycles. The van der Waals surface area contributed by atoms with Gasteiger partial charge >= 0.3 is 0 Å². The van der Waals surface area contributed by atoms with Crippen LogP contribution in [0.15, 0.2) is 30.3 Å². The minimum absolute atomic E-state index is 0.661. The number of nitrogens with zero attached hydrogens (tertiary/aromatic N) is 1. The Kier molecular flexibility index (Phi) is 3.97. The van der Waals surface area contributed by atoms with E-state index in [4.69, 9.17) is 4.74 Å². The van der Waals surface area contributed by atoms with Gasteiger partial charge in [0.05, 0.1) is 6.61 Å². The van der Waals surface area contributed by atoms with Crippen molar-refractivity contribution in [2.24, 2.45) is 0 Å². The van der Waals surface area contributed by atoms with Crippen molar-refractivity contribution in [2.45, 2.75) is 33.1 Å². The SMILES string of the molecule is CCCCc1cc2ccccc2c(OCC)n1. The molecule has 0 aliphatic rings. The molecule has 0 unspecified atom stereocenters. The molecule has 0 aliphatic carbocycles. The molecule has 0 radical (unpaired) electrons. The van der Waals surface area contributed by atoms with Gasteiger partial charge in [0.25, 0.3) is 0 Å². The molecule has 0 bridgehead atoms. The van der Waals surface area contributed by atoms with Crippen LogP contribution in [0.1, 0.15) is 32.4 Å². The smallest absolute Gasteiger partial charge is 0.221 e. The van der Waals surface area contributed by atoms with Crippen LogP contribution >= 0.6 is 0 Å². The topological polar surface area (TPSA) is 22.1 Å². The van der Waals surface area contributed by atoms with Crippen molar-refractivity contribution in [1.82, 2.24) is 4.98 Å². The lowest BCUT2D eigenvalue weighted by atomic mass is 10.1. The molecule has 1 heterocycles. The van der Waals surface area contributed by atoms with E-state index in [0.717, 1.165) is 23.4 Å². The summed E-state index contributed by atoms with van der Waals surface area (Å²) in [6.45, 7) is 4.86. The fraction of sp³-hybridized carbons (Fsp3) is 0.400. The van der Waals surface area contributed by atoms with Crippen molar-refractivity contribution in [1.29, 1.82) is 0 Å². The van der Waals surface area contributed by atoms with E-state index >= 15 is 0 Å². The quantitative estimate of drug-likeness (QED) is 0.773. The molecule has 90 valence electrons. The van der Waals surface area contributed by atoms with Crippen LogP contribution in [0.25, 0.3) is 10.8 Å². The average Bonchev–Trinajstić information content (AvgIpc) is 2.37. The Morgan fingerprint density at radius 2 is 2.00 bits per heavy atom. The predicted molar refractivity (Wildman–Crippen MR) is 71.5 cm³/mol. The first-order valence-corrected chi connectivity index (χ1v) is 6.36. The van der Waals surface area contributed by atoms with E-state index in [1.54, 1.807) is 0 Å². The van der Waals surface area contributed by atoms with Gasteiger partial charge in [0, 0.05) is 11.1 Å². The molecule has 0 amide bonds. The van der Waals surface area contributed by atoms with Crippen LogP contribution in [0.5, 0.6) is 5.88 Å². The minimum atomic E-state index is 0.661. The second kappa shape index (κ2) is 5.67. The Morgan fingerprint density at radius 3 is 2.76 bits per heavy atom. The highest BCUT2D eigenvalue weighted by Crippen LogP contribution is 2.25. The van der Waals surface area contributed by atoms with Crippen molar-refractivity contribution < 1.29 is 4.74 Å². The van der Waals surface area contributed by atoms with Gasteiger partial charge in [0.15, 0.2) is 0 Å². The highest BCUT2D eigenvalue weighted by Gasteiger charge is 2.06. The van der Waals surface area contributed by atoms with Gasteiger partial charge in [-0.05, 0) is 37.3 Å². The van der Waals surface area contributed by atoms with Gasteiger partial charge in [-0.1, -0.05) is 31.5 Å². The van der Waals surface area contributed by atoms with E-state index < -0.39 is 0 Å². The second-order valence-electron chi connectivity index (χ2n) is 4.18. The highest BCUT2D eigenvalue weighted by atomic mass is 16.5. The van der Waals surface area contributed by atoms with Crippen molar-refractivity contribution >= 4 is 10.8 Å². The molecule has 0 spiro atoms. The minimum Gasteiger partial charge on any atom is -0.478 e. The predicted octanol–water partition coefficient (Wildman–Crippen LogP) is 3.98. The van der Waals surface area contributed by atoms with Gasteiger partial charge in [-0.2, -0.15) is 0 Å². The first-order chi connectivity index (χ1) is 8.35. The van der Waals surface area contributed by atoms with Crippen LogP contribution < -0.4 is 4.74 Å². The number of rotatable bonds is 5. The maximum atomic E-state index is 5.63. The number of hydrogen-bond donors (Lipinski definition) is 0. The molecule has 0 aliphatic heterocycles. The number of benzene rings is 1. The van der Waals surface area contributed by atoms with Crippen LogP contribution in [0, 0.1) is 0 Å². The van der Waals surface area contributed by atoms with E-state index in [0.29, 0.717) is 6.61 Å². The fourth-order valence-electron chi connectivity index (χ4n) is 1.95. The lowest BCUT2D eigenvalue weighted by Gasteiger charge is -2.09. The zero-order chi connectivity index (χ0) is 12.1. The van der Waals surface area contributed by atoms with Crippen molar-refractivity contribution in [3.05, 3.63) is 36.0 Å². The number of hydrogen-bond acceptors (Lipinski definition) is 2. The molecule has 1 aromatic carbocycles. The molecule has 0 atom stereocenters. The van der Waals surface area contributed by atoms with Crippen LogP contribution in [-0.2, 0) is 6.42 Å². The number of aromatic nitrogens is 1. The molecule has 17 heavy (non-hydrogen) atoms. The van der Waals surface area contributed by atoms with Crippen molar-refractivity contribution in [3.8, 4) is 5.88 Å². The fourth-order valence-corrected chi connectivity index (χ4v) is 1.95. The van der Waals surface area contributed by atoms with Crippen LogP contribution in [0.2, 0.25) is 0 Å². The Bertz CT molecular complexity index is 493. The van der Waals surface area contributed by atoms with Gasteiger partial charge in [-0.15, -0.1) is 0 Å². The monoisotopic (exact) mass is 229 g/mol. The summed E-state index contributed by atoms with van der Waals surface area (Å²) in [7, 11) is 0. The standard InChI is InChI=1S/C15H19NO/c1-3-5-9-13-11-12-8-6-7-10-14(12)15(16-13)17-4-2/h6-8,10-11H,3-5,9H2,1-2H3. The molecular formula is C15H19NO. The zero-order valence-electron chi connectivity index (χ0n) is 10.6. The summed E-state index contributed by atoms with van der Waals surface area (Å²) in [5, 5.41) is 2.33. The molecule has 0 saturated heterocycles. The number of ether oxygens (including phenoxy) is 1. The third kappa shape index (κ3) is 2.76. The molecular weight excluding hydrogens is 210 g/mol. The van der Waals surface area contributed by atoms with Crippen molar-refractivity contribution in [3.63, 3.8) is 0 Å². The van der Waals surface area contributed by atoms with E-state index in [1.807, 2.05) is 13.0 Å². The highest BCUT2D eigenvalue weighted by molar-refractivity contribution is 5.87. The number of pyridine rings is 1. The Hall–Kier alpha value is -1.57. The summed E-state index contributed by atoms with van der Waals surface area (Å²) >= 11 is 0. The van der Waals surface area contributed by atoms with Crippen LogP contribution in [0.3, 0.4) is 0 Å². The number of aryl methyl sites for hydroxylation is 1. The van der Waals surface area contributed by atoms with Gasteiger partial charge < -0.3 is 4.74 Å². The molecule has 2 nitrogen and oxygen atoms in total. The van der Waals surface area contributed by atoms with E-state index in [-0.39, 0.29) is 0 Å². The summed E-state index contributed by atoms with van der Waals surface area (Å²) in [4.78, 5) is 4.61.